The molecule has 0 aliphatic heterocycles. The predicted octanol–water partition coefficient (Wildman–Crippen LogP) is 2.61. The van der Waals surface area contributed by atoms with Crippen LogP contribution in [0.4, 0.5) is 25.3 Å². The van der Waals surface area contributed by atoms with E-state index >= 15 is 0 Å². The van der Waals surface area contributed by atoms with Crippen LogP contribution in [0.1, 0.15) is 30.4 Å². The van der Waals surface area contributed by atoms with E-state index in [1.54, 1.807) is 40.8 Å². The van der Waals surface area contributed by atoms with E-state index in [9.17, 15) is 23.2 Å². The summed E-state index contributed by atoms with van der Waals surface area (Å²) in [5.74, 6) is -3.39. The number of nitrogens with two attached hydrogens (primary N) is 2. The van der Waals surface area contributed by atoms with Crippen LogP contribution in [0.25, 0.3) is 11.0 Å². The fourth-order valence-corrected chi connectivity index (χ4v) is 4.06. The predicted molar refractivity (Wildman–Crippen MR) is 152 cm³/mol. The average molecular weight is 684 g/mol. The third kappa shape index (κ3) is 7.62. The normalized spacial score (nSPS) is 11.5. The second-order valence-corrected chi connectivity index (χ2v) is 9.42. The van der Waals surface area contributed by atoms with Crippen molar-refractivity contribution >= 4 is 63.4 Å². The summed E-state index contributed by atoms with van der Waals surface area (Å²) in [4.78, 5) is 50.3. The first-order valence-corrected chi connectivity index (χ1v) is 13.8. The zero-order valence-electron chi connectivity index (χ0n) is 21.9. The minimum Gasteiger partial charge on any atom is -0.460 e. The van der Waals surface area contributed by atoms with Crippen molar-refractivity contribution in [1.29, 1.82) is 5.26 Å². The van der Waals surface area contributed by atoms with Crippen molar-refractivity contribution < 1.29 is 32.6 Å². The van der Waals surface area contributed by atoms with Crippen LogP contribution in [0, 0.1) is 23.0 Å². The summed E-state index contributed by atoms with van der Waals surface area (Å²) >= 11 is 1.77. The topological polar surface area (TPSA) is 194 Å². The van der Waals surface area contributed by atoms with Gasteiger partial charge in [-0.25, -0.2) is 28.4 Å². The molecule has 2 heterocycles. The van der Waals surface area contributed by atoms with Crippen LogP contribution < -0.4 is 21.3 Å². The molecule has 5 N–H and O–H groups in total. The number of benzene rings is 1. The Morgan fingerprint density at radius 2 is 2.02 bits per heavy atom. The van der Waals surface area contributed by atoms with Gasteiger partial charge >= 0.3 is 12.1 Å². The number of alkyl halides is 1. The number of hydrogen-bond donors (Lipinski definition) is 3. The number of esters is 1. The number of ether oxygens (including phenoxy) is 2. The molecular weight excluding hydrogens is 657 g/mol. The third-order valence-electron chi connectivity index (χ3n) is 5.85. The van der Waals surface area contributed by atoms with Crippen molar-refractivity contribution in [3.8, 4) is 6.07 Å². The number of pyridine rings is 1. The Bertz CT molecular complexity index is 1460. The first kappa shape index (κ1) is 31.6. The Hall–Kier alpha value is -3.95. The van der Waals surface area contributed by atoms with Crippen LogP contribution in [0.2, 0.25) is 0 Å². The van der Waals surface area contributed by atoms with Crippen LogP contribution >= 0.6 is 22.6 Å². The third-order valence-corrected chi connectivity index (χ3v) is 6.51. The molecular formula is C25H27F2IN8O5. The van der Waals surface area contributed by atoms with Gasteiger partial charge in [0.1, 0.15) is 35.6 Å². The monoisotopic (exact) mass is 684 g/mol. The number of halogens is 3. The highest BCUT2D eigenvalue weighted by Crippen LogP contribution is 2.26. The fourth-order valence-electron chi connectivity index (χ4n) is 3.65. The lowest BCUT2D eigenvalue weighted by Gasteiger charge is -2.22. The van der Waals surface area contributed by atoms with Gasteiger partial charge in [-0.1, -0.05) is 35.1 Å². The Morgan fingerprint density at radius 3 is 2.71 bits per heavy atom. The number of hydrogen-bond acceptors (Lipinski definition) is 10. The van der Waals surface area contributed by atoms with Gasteiger partial charge in [0, 0.05) is 18.8 Å². The molecule has 0 aliphatic carbocycles. The minimum absolute atomic E-state index is 0.0826. The number of nitrogens with one attached hydrogen (secondary N) is 1. The Labute approximate surface area is 246 Å². The number of aromatic nitrogens is 3. The van der Waals surface area contributed by atoms with E-state index in [0.717, 1.165) is 16.2 Å². The van der Waals surface area contributed by atoms with Crippen LogP contribution in [-0.4, -0.2) is 63.7 Å². The smallest absolute Gasteiger partial charge is 0.416 e. The van der Waals surface area contributed by atoms with Gasteiger partial charge in [0.15, 0.2) is 18.4 Å². The Morgan fingerprint density at radius 1 is 1.27 bits per heavy atom. The number of fused-ring (bicyclic) bond motifs is 1. The quantitative estimate of drug-likeness (QED) is 0.0840. The molecule has 0 fully saturated rings. The van der Waals surface area contributed by atoms with Crippen molar-refractivity contribution in [2.24, 2.45) is 11.5 Å². The van der Waals surface area contributed by atoms with E-state index in [0.29, 0.717) is 31.0 Å². The standard InChI is InChI=1S/C25H27F2IN8O5/c1-35(22-14(5-4-8-32-22)12-40-23(38)17(31)6-2-3-7-29)25(39)41-13-36(18(37)10-28)24-33-20-16(26)9-15(11-30)19(27)21(20)34-24/h4-5,8-9,17H,2-3,6-7,10,12-13,29,31H2,1H3,(H,33,34)/t17-/m0/s1. The molecule has 0 spiro atoms. The van der Waals surface area contributed by atoms with Gasteiger partial charge < -0.3 is 25.9 Å². The van der Waals surface area contributed by atoms with Crippen molar-refractivity contribution in [3.63, 3.8) is 0 Å². The molecule has 0 aliphatic rings. The van der Waals surface area contributed by atoms with E-state index in [1.165, 1.54) is 13.2 Å². The van der Waals surface area contributed by atoms with Crippen molar-refractivity contribution in [1.82, 2.24) is 15.0 Å². The molecule has 1 aromatic carbocycles. The van der Waals surface area contributed by atoms with E-state index in [-0.39, 0.29) is 22.8 Å². The summed E-state index contributed by atoms with van der Waals surface area (Å²) in [6, 6.07) is 4.60. The summed E-state index contributed by atoms with van der Waals surface area (Å²) < 4.78 is 39.5. The average Bonchev–Trinajstić information content (AvgIpc) is 3.43. The molecule has 16 heteroatoms. The van der Waals surface area contributed by atoms with Crippen molar-refractivity contribution in [2.75, 3.05) is 34.6 Å². The molecule has 2 aromatic heterocycles. The summed E-state index contributed by atoms with van der Waals surface area (Å²) in [6.45, 7) is -0.399. The van der Waals surface area contributed by atoms with Gasteiger partial charge in [-0.15, -0.1) is 0 Å². The number of carbonyl (C=O) groups is 3. The molecule has 2 amide bonds. The number of nitrogens with zero attached hydrogens (tertiary/aromatic N) is 5. The SMILES string of the molecule is CN(C(=O)OCN(C(=O)CI)c1nc2c(F)cc(C#N)c(F)c2[nH]1)c1ncccc1COC(=O)[C@@H](N)CCCCN. The number of amides is 2. The molecule has 218 valence electrons. The number of rotatable bonds is 12. The van der Waals surface area contributed by atoms with E-state index < -0.39 is 59.0 Å². The summed E-state index contributed by atoms with van der Waals surface area (Å²) in [7, 11) is 1.36. The number of nitriles is 1. The van der Waals surface area contributed by atoms with Gasteiger partial charge in [-0.2, -0.15) is 5.26 Å². The molecule has 13 nitrogen and oxygen atoms in total. The fraction of sp³-hybridized carbons (Fsp3) is 0.360. The van der Waals surface area contributed by atoms with Gasteiger partial charge in [0.05, 0.1) is 9.99 Å². The molecule has 41 heavy (non-hydrogen) atoms. The number of aromatic amines is 1. The van der Waals surface area contributed by atoms with E-state index in [1.807, 2.05) is 0 Å². The minimum atomic E-state index is -1.04. The maximum atomic E-state index is 14.6. The highest BCUT2D eigenvalue weighted by molar-refractivity contribution is 14.1. The van der Waals surface area contributed by atoms with Crippen molar-refractivity contribution in [3.05, 3.63) is 47.2 Å². The maximum absolute atomic E-state index is 14.6. The van der Waals surface area contributed by atoms with Crippen molar-refractivity contribution in [2.45, 2.75) is 31.9 Å². The number of anilines is 2. The van der Waals surface area contributed by atoms with Gasteiger partial charge in [-0.05, 0) is 31.5 Å². The lowest BCUT2D eigenvalue weighted by Crippen LogP contribution is -2.38. The highest BCUT2D eigenvalue weighted by Gasteiger charge is 2.26. The van der Waals surface area contributed by atoms with Crippen LogP contribution in [0.3, 0.4) is 0 Å². The second-order valence-electron chi connectivity index (χ2n) is 8.65. The lowest BCUT2D eigenvalue weighted by atomic mass is 10.1. The van der Waals surface area contributed by atoms with Crippen LogP contribution in [0.5, 0.6) is 0 Å². The first-order chi connectivity index (χ1) is 19.6. The zero-order chi connectivity index (χ0) is 30.1. The zero-order valence-corrected chi connectivity index (χ0v) is 24.1. The molecule has 0 bridgehead atoms. The van der Waals surface area contributed by atoms with E-state index in [4.69, 9.17) is 26.2 Å². The van der Waals surface area contributed by atoms with Crippen LogP contribution in [-0.2, 0) is 25.7 Å². The first-order valence-electron chi connectivity index (χ1n) is 12.2. The number of unbranched alkanes of at least 4 members (excludes halogenated alkanes) is 1. The number of carbonyl (C=O) groups excluding carboxylic acids is 3. The second kappa shape index (κ2) is 14.6. The summed E-state index contributed by atoms with van der Waals surface area (Å²) in [6.07, 6.45) is 2.30. The molecule has 1 atom stereocenters. The van der Waals surface area contributed by atoms with Crippen LogP contribution in [0.15, 0.2) is 24.4 Å². The largest absolute Gasteiger partial charge is 0.460 e. The highest BCUT2D eigenvalue weighted by atomic mass is 127. The Kier molecular flexibility index (Phi) is 11.3. The number of H-pyrrole nitrogens is 1. The Balaban J connectivity index is 1.73. The summed E-state index contributed by atoms with van der Waals surface area (Å²) in [5.41, 5.74) is 10.3. The van der Waals surface area contributed by atoms with Gasteiger partial charge in [0.25, 0.3) is 0 Å². The van der Waals surface area contributed by atoms with Gasteiger partial charge in [0.2, 0.25) is 11.9 Å². The molecule has 3 aromatic rings. The molecule has 0 saturated heterocycles. The molecule has 0 saturated carbocycles. The number of imidazole rings is 1. The van der Waals surface area contributed by atoms with E-state index in [2.05, 4.69) is 15.0 Å². The molecule has 3 rings (SSSR count). The molecule has 0 unspecified atom stereocenters. The lowest BCUT2D eigenvalue weighted by molar-refractivity contribution is -0.146. The maximum Gasteiger partial charge on any atom is 0.416 e. The molecule has 0 radical (unpaired) electrons. The van der Waals surface area contributed by atoms with Gasteiger partial charge in [-0.3, -0.25) is 14.5 Å². The summed E-state index contributed by atoms with van der Waals surface area (Å²) in [5, 5.41) is 9.02.